The van der Waals surface area contributed by atoms with Crippen LogP contribution in [0.15, 0.2) is 69.6 Å². The number of benzene rings is 3. The highest BCUT2D eigenvalue weighted by Crippen LogP contribution is 2.38. The van der Waals surface area contributed by atoms with E-state index in [0.717, 1.165) is 33.4 Å². The molecule has 0 unspecified atom stereocenters. The lowest BCUT2D eigenvalue weighted by Gasteiger charge is -2.12. The first kappa shape index (κ1) is 24.9. The Hall–Kier alpha value is -3.74. The molecule has 0 atom stereocenters. The number of aromatic nitrogens is 1. The standard InChI is InChI=1S/C29H23Cl2NO5/c1-15(2)28-22(27(32-37-28)21-5-4-6-23(30)26(21)31)14-35-19-9-10-20(16(3)11-19)17-7-8-18-13-25(29(33)34)36-24(18)12-17/h4-13,15H,14H2,1-3H3,(H,33,34). The normalized spacial score (nSPS) is 11.4. The molecule has 0 saturated heterocycles. The summed E-state index contributed by atoms with van der Waals surface area (Å²) in [4.78, 5) is 11.2. The first-order valence-corrected chi connectivity index (χ1v) is 12.4. The zero-order valence-corrected chi connectivity index (χ0v) is 21.9. The number of halogens is 2. The minimum absolute atomic E-state index is 0.0828. The van der Waals surface area contributed by atoms with E-state index in [1.54, 1.807) is 6.07 Å². The first-order chi connectivity index (χ1) is 17.7. The summed E-state index contributed by atoms with van der Waals surface area (Å²) >= 11 is 12.7. The molecule has 0 bridgehead atoms. The van der Waals surface area contributed by atoms with Crippen molar-refractivity contribution < 1.29 is 23.6 Å². The van der Waals surface area contributed by atoms with Gasteiger partial charge in [0.15, 0.2) is 0 Å². The van der Waals surface area contributed by atoms with Gasteiger partial charge in [-0.05, 0) is 53.9 Å². The van der Waals surface area contributed by atoms with Crippen LogP contribution in [0.3, 0.4) is 0 Å². The van der Waals surface area contributed by atoms with Gasteiger partial charge >= 0.3 is 5.97 Å². The van der Waals surface area contributed by atoms with Gasteiger partial charge in [-0.15, -0.1) is 0 Å². The number of carboxylic acid groups (broad SMARTS) is 1. The van der Waals surface area contributed by atoms with Crippen molar-refractivity contribution in [2.24, 2.45) is 0 Å². The maximum Gasteiger partial charge on any atom is 0.371 e. The molecule has 0 amide bonds. The second-order valence-electron chi connectivity index (χ2n) is 9.06. The Bertz CT molecular complexity index is 1630. The third-order valence-corrected chi connectivity index (χ3v) is 6.99. The Kier molecular flexibility index (Phi) is 6.71. The van der Waals surface area contributed by atoms with Gasteiger partial charge < -0.3 is 18.8 Å². The minimum Gasteiger partial charge on any atom is -0.489 e. The van der Waals surface area contributed by atoms with Gasteiger partial charge in [0.2, 0.25) is 5.76 Å². The summed E-state index contributed by atoms with van der Waals surface area (Å²) in [7, 11) is 0. The quantitative estimate of drug-likeness (QED) is 0.224. The van der Waals surface area contributed by atoms with Crippen LogP contribution in [0.25, 0.3) is 33.4 Å². The van der Waals surface area contributed by atoms with Crippen LogP contribution in [0.1, 0.15) is 47.2 Å². The van der Waals surface area contributed by atoms with Crippen LogP contribution >= 0.6 is 23.2 Å². The molecule has 0 radical (unpaired) electrons. The van der Waals surface area contributed by atoms with Crippen LogP contribution in [-0.2, 0) is 6.61 Å². The monoisotopic (exact) mass is 535 g/mol. The molecule has 2 heterocycles. The molecule has 2 aromatic heterocycles. The topological polar surface area (TPSA) is 85.7 Å². The van der Waals surface area contributed by atoms with Gasteiger partial charge in [0, 0.05) is 16.9 Å². The van der Waals surface area contributed by atoms with E-state index in [-0.39, 0.29) is 18.3 Å². The van der Waals surface area contributed by atoms with Gasteiger partial charge in [-0.3, -0.25) is 0 Å². The fourth-order valence-corrected chi connectivity index (χ4v) is 4.71. The lowest BCUT2D eigenvalue weighted by Crippen LogP contribution is -2.01. The van der Waals surface area contributed by atoms with Crippen molar-refractivity contribution in [1.82, 2.24) is 5.16 Å². The molecular formula is C29H23Cl2NO5. The summed E-state index contributed by atoms with van der Waals surface area (Å²) in [6.07, 6.45) is 0. The molecule has 5 rings (SSSR count). The number of nitrogens with zero attached hydrogens (tertiary/aromatic N) is 1. The van der Waals surface area contributed by atoms with Crippen LogP contribution in [0.2, 0.25) is 10.0 Å². The molecule has 0 spiro atoms. The second kappa shape index (κ2) is 9.96. The molecule has 3 aromatic carbocycles. The van der Waals surface area contributed by atoms with Crippen LogP contribution in [0, 0.1) is 6.92 Å². The van der Waals surface area contributed by atoms with Gasteiger partial charge in [-0.1, -0.05) is 72.5 Å². The average Bonchev–Trinajstić information content (AvgIpc) is 3.48. The first-order valence-electron chi connectivity index (χ1n) is 11.7. The number of hydrogen-bond donors (Lipinski definition) is 1. The zero-order chi connectivity index (χ0) is 26.3. The summed E-state index contributed by atoms with van der Waals surface area (Å²) in [6, 6.07) is 18.4. The molecule has 188 valence electrons. The van der Waals surface area contributed by atoms with E-state index in [1.165, 1.54) is 6.07 Å². The lowest BCUT2D eigenvalue weighted by molar-refractivity contribution is 0.0665. The van der Waals surface area contributed by atoms with Gasteiger partial charge in [0.25, 0.3) is 0 Å². The predicted molar refractivity (Wildman–Crippen MR) is 144 cm³/mol. The fourth-order valence-electron chi connectivity index (χ4n) is 4.32. The summed E-state index contributed by atoms with van der Waals surface area (Å²) in [6.45, 7) is 6.29. The minimum atomic E-state index is -1.09. The summed E-state index contributed by atoms with van der Waals surface area (Å²) < 4.78 is 17.3. The number of carboxylic acids is 1. The highest BCUT2D eigenvalue weighted by Gasteiger charge is 2.23. The van der Waals surface area contributed by atoms with Crippen molar-refractivity contribution in [3.63, 3.8) is 0 Å². The maximum absolute atomic E-state index is 11.2. The van der Waals surface area contributed by atoms with Gasteiger partial charge in [0.05, 0.1) is 15.6 Å². The molecule has 0 saturated carbocycles. The molecule has 8 heteroatoms. The number of hydrogen-bond acceptors (Lipinski definition) is 5. The van der Waals surface area contributed by atoms with E-state index < -0.39 is 5.97 Å². The molecule has 1 N–H and O–H groups in total. The fraction of sp³-hybridized carbons (Fsp3) is 0.172. The molecule has 0 aliphatic heterocycles. The van der Waals surface area contributed by atoms with Crippen molar-refractivity contribution >= 4 is 40.1 Å². The van der Waals surface area contributed by atoms with Crippen molar-refractivity contribution in [3.05, 3.63) is 93.4 Å². The highest BCUT2D eigenvalue weighted by molar-refractivity contribution is 6.43. The van der Waals surface area contributed by atoms with Crippen molar-refractivity contribution in [3.8, 4) is 28.1 Å². The van der Waals surface area contributed by atoms with E-state index in [2.05, 4.69) is 5.16 Å². The van der Waals surface area contributed by atoms with Gasteiger partial charge in [-0.25, -0.2) is 4.79 Å². The average molecular weight is 536 g/mol. The number of fused-ring (bicyclic) bond motifs is 1. The SMILES string of the molecule is Cc1cc(OCc2c(-c3cccc(Cl)c3Cl)noc2C(C)C)ccc1-c1ccc2cc(C(=O)O)oc2c1. The van der Waals surface area contributed by atoms with Crippen molar-refractivity contribution in [1.29, 1.82) is 0 Å². The van der Waals surface area contributed by atoms with Crippen LogP contribution < -0.4 is 4.74 Å². The molecular weight excluding hydrogens is 513 g/mol. The zero-order valence-electron chi connectivity index (χ0n) is 20.3. The third-order valence-electron chi connectivity index (χ3n) is 6.17. The largest absolute Gasteiger partial charge is 0.489 e. The number of ether oxygens (including phenoxy) is 1. The van der Waals surface area contributed by atoms with E-state index in [4.69, 9.17) is 36.9 Å². The predicted octanol–water partition coefficient (Wildman–Crippen LogP) is 8.77. The van der Waals surface area contributed by atoms with E-state index in [0.29, 0.717) is 32.6 Å². The Balaban J connectivity index is 1.42. The van der Waals surface area contributed by atoms with Crippen LogP contribution in [-0.4, -0.2) is 16.2 Å². The molecule has 0 aliphatic rings. The number of aromatic carboxylic acids is 1. The number of carbonyl (C=O) groups is 1. The Morgan fingerprint density at radius 3 is 2.59 bits per heavy atom. The molecule has 5 aromatic rings. The Morgan fingerprint density at radius 1 is 1.05 bits per heavy atom. The molecule has 6 nitrogen and oxygen atoms in total. The molecule has 0 fully saturated rings. The number of aryl methyl sites for hydroxylation is 1. The maximum atomic E-state index is 11.2. The molecule has 0 aliphatic carbocycles. The van der Waals surface area contributed by atoms with Crippen molar-refractivity contribution in [2.75, 3.05) is 0 Å². The van der Waals surface area contributed by atoms with Gasteiger partial charge in [0.1, 0.15) is 29.4 Å². The highest BCUT2D eigenvalue weighted by atomic mass is 35.5. The van der Waals surface area contributed by atoms with E-state index in [9.17, 15) is 9.90 Å². The van der Waals surface area contributed by atoms with Crippen LogP contribution in [0.5, 0.6) is 5.75 Å². The Morgan fingerprint density at radius 2 is 1.86 bits per heavy atom. The second-order valence-corrected chi connectivity index (χ2v) is 9.85. The number of furan rings is 1. The summed E-state index contributed by atoms with van der Waals surface area (Å²) in [5.41, 5.74) is 5.54. The third kappa shape index (κ3) is 4.82. The van der Waals surface area contributed by atoms with Crippen molar-refractivity contribution in [2.45, 2.75) is 33.3 Å². The van der Waals surface area contributed by atoms with Crippen LogP contribution in [0.4, 0.5) is 0 Å². The molecule has 37 heavy (non-hydrogen) atoms. The lowest BCUT2D eigenvalue weighted by atomic mass is 9.99. The number of rotatable bonds is 7. The smallest absolute Gasteiger partial charge is 0.371 e. The Labute approximate surface area is 223 Å². The van der Waals surface area contributed by atoms with Gasteiger partial charge in [-0.2, -0.15) is 0 Å². The van der Waals surface area contributed by atoms with E-state index in [1.807, 2.05) is 69.3 Å². The summed E-state index contributed by atoms with van der Waals surface area (Å²) in [5.74, 6) is 0.338. The van der Waals surface area contributed by atoms with E-state index >= 15 is 0 Å². The summed E-state index contributed by atoms with van der Waals surface area (Å²) in [5, 5.41) is 15.1.